The molecule has 0 aromatic heterocycles. The van der Waals surface area contributed by atoms with Gasteiger partial charge in [-0.2, -0.15) is 0 Å². The molecule has 2 rings (SSSR count). The minimum atomic E-state index is 0.762. The number of hydrogen-bond acceptors (Lipinski definition) is 2. The summed E-state index contributed by atoms with van der Waals surface area (Å²) in [5, 5.41) is 0. The Balaban J connectivity index is 1.76. The van der Waals surface area contributed by atoms with E-state index in [2.05, 4.69) is 43.1 Å². The van der Waals surface area contributed by atoms with Gasteiger partial charge in [0.25, 0.3) is 0 Å². The Morgan fingerprint density at radius 1 is 0.769 bits per heavy atom. The van der Waals surface area contributed by atoms with Crippen LogP contribution < -0.4 is 4.74 Å². The van der Waals surface area contributed by atoms with Crippen LogP contribution in [0, 0.1) is 0 Å². The molecule has 0 bridgehead atoms. The molecule has 140 valence electrons. The van der Waals surface area contributed by atoms with Crippen molar-refractivity contribution >= 4 is 11.9 Å². The zero-order valence-electron chi connectivity index (χ0n) is 16.4. The van der Waals surface area contributed by atoms with Crippen molar-refractivity contribution in [3.8, 4) is 5.75 Å². The third kappa shape index (κ3) is 7.86. The number of aryl methyl sites for hydroxylation is 1. The van der Waals surface area contributed by atoms with Crippen molar-refractivity contribution in [1.29, 1.82) is 0 Å². The van der Waals surface area contributed by atoms with Gasteiger partial charge < -0.3 is 4.74 Å². The lowest BCUT2D eigenvalue weighted by atomic mass is 10.0. The molecule has 0 saturated heterocycles. The maximum atomic E-state index is 5.60. The van der Waals surface area contributed by atoms with E-state index >= 15 is 0 Å². The van der Waals surface area contributed by atoms with Gasteiger partial charge >= 0.3 is 0 Å². The number of hydrogen-bond donors (Lipinski definition) is 0. The number of unbranched alkanes of at least 4 members (excludes halogenated alkanes) is 5. The molecular weight excluding hydrogens is 318 g/mol. The fraction of sp³-hybridized carbons (Fsp3) is 0.458. The van der Waals surface area contributed by atoms with Crippen molar-refractivity contribution in [3.05, 3.63) is 59.7 Å². The van der Waals surface area contributed by atoms with Crippen LogP contribution in [-0.2, 0) is 6.42 Å². The summed E-state index contributed by atoms with van der Waals surface area (Å²) in [7, 11) is 0. The first-order chi connectivity index (χ1) is 12.8. The molecule has 0 aliphatic carbocycles. The van der Waals surface area contributed by atoms with E-state index in [1.165, 1.54) is 50.5 Å². The molecule has 0 amide bonds. The van der Waals surface area contributed by atoms with Crippen LogP contribution in [0.2, 0.25) is 0 Å². The van der Waals surface area contributed by atoms with Crippen LogP contribution in [0.25, 0.3) is 0 Å². The lowest BCUT2D eigenvalue weighted by Crippen LogP contribution is -1.94. The maximum Gasteiger partial charge on any atom is 0.119 e. The van der Waals surface area contributed by atoms with Gasteiger partial charge in [0.05, 0.1) is 12.3 Å². The van der Waals surface area contributed by atoms with Crippen molar-refractivity contribution in [2.45, 2.75) is 65.2 Å². The summed E-state index contributed by atoms with van der Waals surface area (Å²) >= 11 is 0. The average Bonchev–Trinajstić information content (AvgIpc) is 2.69. The zero-order chi connectivity index (χ0) is 18.5. The van der Waals surface area contributed by atoms with Crippen LogP contribution in [0.1, 0.15) is 69.9 Å². The highest BCUT2D eigenvalue weighted by Gasteiger charge is 1.96. The molecule has 2 nitrogen and oxygen atoms in total. The molecule has 0 saturated carbocycles. The highest BCUT2D eigenvalue weighted by molar-refractivity contribution is 5.82. The van der Waals surface area contributed by atoms with Gasteiger partial charge in [0, 0.05) is 6.21 Å². The number of ether oxygens (including phenoxy) is 1. The van der Waals surface area contributed by atoms with Gasteiger partial charge in [-0.25, -0.2) is 0 Å². The first-order valence-corrected chi connectivity index (χ1v) is 10.2. The Kier molecular flexibility index (Phi) is 9.56. The fourth-order valence-corrected chi connectivity index (χ4v) is 2.88. The molecule has 0 aliphatic rings. The standard InChI is InChI=1S/C24H33NO/c1-3-5-6-7-8-9-10-21-11-15-23(16-12-21)25-20-22-13-17-24(18-14-22)26-19-4-2/h11-18,20H,3-10,19H2,1-2H3/b25-20+. The summed E-state index contributed by atoms with van der Waals surface area (Å²) in [6.07, 6.45) is 12.2. The van der Waals surface area contributed by atoms with Gasteiger partial charge in [0.2, 0.25) is 0 Å². The lowest BCUT2D eigenvalue weighted by molar-refractivity contribution is 0.317. The van der Waals surface area contributed by atoms with Crippen molar-refractivity contribution < 1.29 is 4.74 Å². The molecule has 0 unspecified atom stereocenters. The van der Waals surface area contributed by atoms with Gasteiger partial charge in [-0.3, -0.25) is 4.99 Å². The van der Waals surface area contributed by atoms with Crippen molar-refractivity contribution in [3.63, 3.8) is 0 Å². The van der Waals surface area contributed by atoms with Crippen LogP contribution in [0.5, 0.6) is 5.75 Å². The van der Waals surface area contributed by atoms with E-state index in [9.17, 15) is 0 Å². The molecule has 0 radical (unpaired) electrons. The molecule has 2 aromatic carbocycles. The van der Waals surface area contributed by atoms with Crippen LogP contribution >= 0.6 is 0 Å². The van der Waals surface area contributed by atoms with Gasteiger partial charge in [-0.1, -0.05) is 58.1 Å². The molecule has 0 spiro atoms. The van der Waals surface area contributed by atoms with Crippen molar-refractivity contribution in [2.75, 3.05) is 6.61 Å². The number of benzene rings is 2. The monoisotopic (exact) mass is 351 g/mol. The van der Waals surface area contributed by atoms with Gasteiger partial charge in [0.1, 0.15) is 5.75 Å². The SMILES string of the molecule is CCCCCCCCc1ccc(/N=C/c2ccc(OCCC)cc2)cc1. The largest absolute Gasteiger partial charge is 0.494 e. The minimum Gasteiger partial charge on any atom is -0.494 e. The van der Waals surface area contributed by atoms with Gasteiger partial charge in [-0.15, -0.1) is 0 Å². The third-order valence-electron chi connectivity index (χ3n) is 4.47. The Morgan fingerprint density at radius 3 is 2.15 bits per heavy atom. The normalized spacial score (nSPS) is 11.2. The van der Waals surface area contributed by atoms with E-state index in [1.54, 1.807) is 0 Å². The summed E-state index contributed by atoms with van der Waals surface area (Å²) in [5.74, 6) is 0.919. The molecule has 0 fully saturated rings. The van der Waals surface area contributed by atoms with Crippen LogP contribution in [-0.4, -0.2) is 12.8 Å². The second-order valence-corrected chi connectivity index (χ2v) is 6.86. The molecule has 2 heteroatoms. The van der Waals surface area contributed by atoms with Gasteiger partial charge in [0.15, 0.2) is 0 Å². The highest BCUT2D eigenvalue weighted by atomic mass is 16.5. The van der Waals surface area contributed by atoms with Crippen LogP contribution in [0.3, 0.4) is 0 Å². The Labute approximate surface area is 159 Å². The molecule has 2 aromatic rings. The molecule has 0 heterocycles. The number of rotatable bonds is 12. The Hall–Kier alpha value is -2.09. The van der Waals surface area contributed by atoms with E-state index in [1.807, 2.05) is 30.5 Å². The van der Waals surface area contributed by atoms with Crippen molar-refractivity contribution in [2.24, 2.45) is 4.99 Å². The Morgan fingerprint density at radius 2 is 1.46 bits per heavy atom. The van der Waals surface area contributed by atoms with E-state index in [4.69, 9.17) is 4.74 Å². The summed E-state index contributed by atoms with van der Waals surface area (Å²) in [6, 6.07) is 16.7. The predicted molar refractivity (Wildman–Crippen MR) is 113 cm³/mol. The minimum absolute atomic E-state index is 0.762. The summed E-state index contributed by atoms with van der Waals surface area (Å²) in [4.78, 5) is 4.57. The quantitative estimate of drug-likeness (QED) is 0.294. The summed E-state index contributed by atoms with van der Waals surface area (Å²) < 4.78 is 5.60. The Bertz CT molecular complexity index is 628. The summed E-state index contributed by atoms with van der Waals surface area (Å²) in [5.41, 5.74) is 3.50. The highest BCUT2D eigenvalue weighted by Crippen LogP contribution is 2.17. The van der Waals surface area contributed by atoms with E-state index in [0.717, 1.165) is 30.0 Å². The van der Waals surface area contributed by atoms with Crippen LogP contribution in [0.15, 0.2) is 53.5 Å². The molecule has 0 atom stereocenters. The molecule has 0 aliphatic heterocycles. The first-order valence-electron chi connectivity index (χ1n) is 10.2. The molecule has 0 N–H and O–H groups in total. The molecule has 26 heavy (non-hydrogen) atoms. The predicted octanol–water partition coefficient (Wildman–Crippen LogP) is 7.13. The van der Waals surface area contributed by atoms with Crippen LogP contribution in [0.4, 0.5) is 5.69 Å². The smallest absolute Gasteiger partial charge is 0.119 e. The van der Waals surface area contributed by atoms with E-state index in [0.29, 0.717) is 0 Å². The maximum absolute atomic E-state index is 5.60. The van der Waals surface area contributed by atoms with E-state index in [-0.39, 0.29) is 0 Å². The van der Waals surface area contributed by atoms with E-state index < -0.39 is 0 Å². The second kappa shape index (κ2) is 12.3. The lowest BCUT2D eigenvalue weighted by Gasteiger charge is -2.04. The molecular formula is C24H33NO. The third-order valence-corrected chi connectivity index (χ3v) is 4.47. The number of aliphatic imine (C=N–C) groups is 1. The first kappa shape index (κ1) is 20.2. The number of nitrogens with zero attached hydrogens (tertiary/aromatic N) is 1. The van der Waals surface area contributed by atoms with Crippen molar-refractivity contribution in [1.82, 2.24) is 0 Å². The second-order valence-electron chi connectivity index (χ2n) is 6.86. The summed E-state index contributed by atoms with van der Waals surface area (Å²) in [6.45, 7) is 5.14. The fourth-order valence-electron chi connectivity index (χ4n) is 2.88. The average molecular weight is 352 g/mol. The topological polar surface area (TPSA) is 21.6 Å². The van der Waals surface area contributed by atoms with Gasteiger partial charge in [-0.05, 0) is 66.8 Å². The zero-order valence-corrected chi connectivity index (χ0v) is 16.4.